The van der Waals surface area contributed by atoms with Gasteiger partial charge in [0.2, 0.25) is 0 Å². The number of hydrogen-bond donors (Lipinski definition) is 2. The molecule has 0 saturated heterocycles. The number of nitrogens with one attached hydrogen (secondary N) is 1. The highest BCUT2D eigenvalue weighted by Crippen LogP contribution is 2.26. The average molecular weight is 274 g/mol. The minimum Gasteiger partial charge on any atom is -0.478 e. The number of carbonyl (C=O) groups excluding carboxylic acids is 1. The van der Waals surface area contributed by atoms with E-state index in [-0.39, 0.29) is 11.3 Å². The molecule has 5 nitrogen and oxygen atoms in total. The molecular formula is C9H8BrNO4. The van der Waals surface area contributed by atoms with Crippen LogP contribution in [0.4, 0.5) is 10.5 Å². The van der Waals surface area contributed by atoms with Crippen molar-refractivity contribution in [1.82, 2.24) is 0 Å². The molecule has 0 unspecified atom stereocenters. The van der Waals surface area contributed by atoms with Crippen LogP contribution in [0.5, 0.6) is 0 Å². The Morgan fingerprint density at radius 2 is 2.13 bits per heavy atom. The first-order chi connectivity index (χ1) is 7.06. The summed E-state index contributed by atoms with van der Waals surface area (Å²) in [4.78, 5) is 21.8. The van der Waals surface area contributed by atoms with Crippen molar-refractivity contribution in [3.63, 3.8) is 0 Å². The van der Waals surface area contributed by atoms with Gasteiger partial charge in [-0.1, -0.05) is 6.07 Å². The molecule has 1 aromatic rings. The van der Waals surface area contributed by atoms with Crippen LogP contribution in [-0.2, 0) is 4.74 Å². The molecule has 15 heavy (non-hydrogen) atoms. The molecule has 0 atom stereocenters. The van der Waals surface area contributed by atoms with E-state index in [1.54, 1.807) is 12.1 Å². The number of amides is 1. The number of halogens is 1. The molecule has 0 aliphatic heterocycles. The van der Waals surface area contributed by atoms with Crippen molar-refractivity contribution in [2.75, 3.05) is 12.4 Å². The lowest BCUT2D eigenvalue weighted by Crippen LogP contribution is -2.14. The van der Waals surface area contributed by atoms with Gasteiger partial charge in [-0.25, -0.2) is 9.59 Å². The zero-order chi connectivity index (χ0) is 11.4. The second kappa shape index (κ2) is 4.79. The van der Waals surface area contributed by atoms with Gasteiger partial charge in [-0.3, -0.25) is 5.32 Å². The number of rotatable bonds is 2. The first-order valence-electron chi connectivity index (χ1n) is 3.93. The van der Waals surface area contributed by atoms with E-state index in [4.69, 9.17) is 5.11 Å². The van der Waals surface area contributed by atoms with Gasteiger partial charge in [0.15, 0.2) is 0 Å². The van der Waals surface area contributed by atoms with Gasteiger partial charge in [-0.2, -0.15) is 0 Å². The van der Waals surface area contributed by atoms with Crippen LogP contribution >= 0.6 is 15.9 Å². The largest absolute Gasteiger partial charge is 0.478 e. The topological polar surface area (TPSA) is 75.6 Å². The van der Waals surface area contributed by atoms with E-state index >= 15 is 0 Å². The third-order valence-corrected chi connectivity index (χ3v) is 2.32. The number of aromatic carboxylic acids is 1. The molecule has 0 radical (unpaired) electrons. The lowest BCUT2D eigenvalue weighted by molar-refractivity contribution is 0.0698. The third-order valence-electron chi connectivity index (χ3n) is 1.66. The molecule has 0 saturated carbocycles. The maximum atomic E-state index is 11.0. The Morgan fingerprint density at radius 1 is 1.47 bits per heavy atom. The summed E-state index contributed by atoms with van der Waals surface area (Å²) in [5.41, 5.74) is 0.173. The first kappa shape index (κ1) is 11.5. The van der Waals surface area contributed by atoms with Crippen molar-refractivity contribution in [2.24, 2.45) is 0 Å². The monoisotopic (exact) mass is 273 g/mol. The lowest BCUT2D eigenvalue weighted by atomic mass is 10.2. The molecule has 0 heterocycles. The van der Waals surface area contributed by atoms with Gasteiger partial charge >= 0.3 is 12.1 Å². The highest BCUT2D eigenvalue weighted by Gasteiger charge is 2.14. The number of hydrogen-bond acceptors (Lipinski definition) is 3. The van der Waals surface area contributed by atoms with Gasteiger partial charge in [0.25, 0.3) is 0 Å². The molecule has 2 N–H and O–H groups in total. The van der Waals surface area contributed by atoms with Gasteiger partial charge in [0.05, 0.1) is 18.4 Å². The Bertz CT molecular complexity index is 405. The normalized spacial score (nSPS) is 9.47. The van der Waals surface area contributed by atoms with Gasteiger partial charge in [0.1, 0.15) is 0 Å². The summed E-state index contributed by atoms with van der Waals surface area (Å²) in [5, 5.41) is 11.2. The van der Waals surface area contributed by atoms with Gasteiger partial charge in [-0.05, 0) is 28.1 Å². The molecule has 1 amide bonds. The molecule has 0 aliphatic rings. The molecule has 0 aromatic heterocycles. The predicted molar refractivity (Wildman–Crippen MR) is 57.1 cm³/mol. The van der Waals surface area contributed by atoms with Crippen molar-refractivity contribution in [1.29, 1.82) is 0 Å². The van der Waals surface area contributed by atoms with Crippen LogP contribution < -0.4 is 5.32 Å². The highest BCUT2D eigenvalue weighted by molar-refractivity contribution is 9.10. The zero-order valence-electron chi connectivity index (χ0n) is 7.78. The van der Waals surface area contributed by atoms with Crippen molar-refractivity contribution in [3.8, 4) is 0 Å². The van der Waals surface area contributed by atoms with Crippen molar-refractivity contribution in [3.05, 3.63) is 28.2 Å². The van der Waals surface area contributed by atoms with Crippen LogP contribution in [0.2, 0.25) is 0 Å². The van der Waals surface area contributed by atoms with Gasteiger partial charge in [0, 0.05) is 4.47 Å². The summed E-state index contributed by atoms with van der Waals surface area (Å²) in [5.74, 6) is -1.12. The van der Waals surface area contributed by atoms with Crippen molar-refractivity contribution in [2.45, 2.75) is 0 Å². The van der Waals surface area contributed by atoms with Crippen LogP contribution in [0.3, 0.4) is 0 Å². The molecule has 80 valence electrons. The second-order valence-electron chi connectivity index (χ2n) is 2.58. The van der Waals surface area contributed by atoms with Crippen LogP contribution in [0.25, 0.3) is 0 Å². The van der Waals surface area contributed by atoms with Gasteiger partial charge < -0.3 is 9.84 Å². The van der Waals surface area contributed by atoms with Gasteiger partial charge in [-0.15, -0.1) is 0 Å². The molecule has 6 heteroatoms. The lowest BCUT2D eigenvalue weighted by Gasteiger charge is -2.08. The van der Waals surface area contributed by atoms with Crippen molar-refractivity contribution < 1.29 is 19.4 Å². The van der Waals surface area contributed by atoms with E-state index in [2.05, 4.69) is 26.0 Å². The number of anilines is 1. The molecule has 1 rings (SSSR count). The fraction of sp³-hybridized carbons (Fsp3) is 0.111. The van der Waals surface area contributed by atoms with E-state index in [1.165, 1.54) is 13.2 Å². The number of methoxy groups -OCH3 is 1. The quantitative estimate of drug-likeness (QED) is 0.867. The first-order valence-corrected chi connectivity index (χ1v) is 4.72. The van der Waals surface area contributed by atoms with Crippen LogP contribution in [0.15, 0.2) is 22.7 Å². The summed E-state index contributed by atoms with van der Waals surface area (Å²) in [6.07, 6.45) is -0.718. The number of para-hydroxylation sites is 1. The Kier molecular flexibility index (Phi) is 3.68. The SMILES string of the molecule is COC(=O)Nc1c(Br)cccc1C(=O)O. The van der Waals surface area contributed by atoms with Crippen LogP contribution in [0.1, 0.15) is 10.4 Å². The summed E-state index contributed by atoms with van der Waals surface area (Å²) >= 11 is 3.14. The minimum absolute atomic E-state index is 0.00484. The summed E-state index contributed by atoms with van der Waals surface area (Å²) < 4.78 is 4.86. The fourth-order valence-corrected chi connectivity index (χ4v) is 1.45. The van der Waals surface area contributed by atoms with E-state index in [0.29, 0.717) is 4.47 Å². The maximum absolute atomic E-state index is 11.0. The fourth-order valence-electron chi connectivity index (χ4n) is 0.982. The maximum Gasteiger partial charge on any atom is 0.411 e. The summed E-state index contributed by atoms with van der Waals surface area (Å²) in [6.45, 7) is 0. The number of benzene rings is 1. The van der Waals surface area contributed by atoms with Crippen LogP contribution in [0, 0.1) is 0 Å². The third kappa shape index (κ3) is 2.69. The standard InChI is InChI=1S/C9H8BrNO4/c1-15-9(14)11-7-5(8(12)13)3-2-4-6(7)10/h2-4H,1H3,(H,11,14)(H,12,13). The number of ether oxygens (including phenoxy) is 1. The molecule has 0 bridgehead atoms. The average Bonchev–Trinajstić information content (AvgIpc) is 2.20. The van der Waals surface area contributed by atoms with E-state index in [1.807, 2.05) is 0 Å². The predicted octanol–water partition coefficient (Wildman–Crippen LogP) is 2.33. The summed E-state index contributed by atoms with van der Waals surface area (Å²) in [7, 11) is 1.20. The highest BCUT2D eigenvalue weighted by atomic mass is 79.9. The molecule has 0 spiro atoms. The number of carboxylic acid groups (broad SMARTS) is 1. The Morgan fingerprint density at radius 3 is 2.67 bits per heavy atom. The molecule has 1 aromatic carbocycles. The second-order valence-corrected chi connectivity index (χ2v) is 3.44. The number of carboxylic acids is 1. The molecular weight excluding hydrogens is 266 g/mol. The minimum atomic E-state index is -1.12. The number of carbonyl (C=O) groups is 2. The van der Waals surface area contributed by atoms with E-state index < -0.39 is 12.1 Å². The molecule has 0 fully saturated rings. The smallest absolute Gasteiger partial charge is 0.411 e. The van der Waals surface area contributed by atoms with Crippen molar-refractivity contribution >= 4 is 33.7 Å². The van der Waals surface area contributed by atoms with Crippen LogP contribution in [-0.4, -0.2) is 24.3 Å². The zero-order valence-corrected chi connectivity index (χ0v) is 9.37. The van der Waals surface area contributed by atoms with E-state index in [9.17, 15) is 9.59 Å². The van der Waals surface area contributed by atoms with E-state index in [0.717, 1.165) is 0 Å². The Balaban J connectivity index is 3.13. The summed E-state index contributed by atoms with van der Waals surface area (Å²) in [6, 6.07) is 4.58. The Labute approximate surface area is 94.2 Å². The molecule has 0 aliphatic carbocycles. The Hall–Kier alpha value is -1.56.